The summed E-state index contributed by atoms with van der Waals surface area (Å²) in [5.74, 6) is 0. The van der Waals surface area contributed by atoms with Gasteiger partial charge in [0.2, 0.25) is 0 Å². The highest BCUT2D eigenvalue weighted by Gasteiger charge is 2.59. The third kappa shape index (κ3) is 1.34. The fraction of sp³-hybridized carbons (Fsp3) is 0.818. The highest BCUT2D eigenvalue weighted by atomic mass is 16.5. The molecule has 0 aromatic heterocycles. The van der Waals surface area contributed by atoms with Crippen molar-refractivity contribution in [2.24, 2.45) is 0 Å². The molecule has 0 radical (unpaired) electrons. The molecule has 0 bridgehead atoms. The summed E-state index contributed by atoms with van der Waals surface area (Å²) in [6, 6.07) is 0. The van der Waals surface area contributed by atoms with E-state index >= 15 is 0 Å². The average Bonchev–Trinajstić information content (AvgIpc) is 2.16. The molecule has 1 N–H and O–H groups in total. The first-order valence-electron chi connectivity index (χ1n) is 5.52. The van der Waals surface area contributed by atoms with Crippen LogP contribution in [0, 0.1) is 0 Å². The van der Waals surface area contributed by atoms with Gasteiger partial charge in [0, 0.05) is 17.5 Å². The van der Waals surface area contributed by atoms with Crippen LogP contribution in [0.25, 0.3) is 0 Å². The monoisotopic (exact) mass is 193 g/mol. The lowest BCUT2D eigenvalue weighted by Gasteiger charge is -2.57. The maximum Gasteiger partial charge on any atom is 0.331 e. The van der Waals surface area contributed by atoms with Gasteiger partial charge in [0.15, 0.2) is 0 Å². The SMILES string of the molecule is CC1(C)OB(C2=CCNCC2)C1(C)C. The van der Waals surface area contributed by atoms with E-state index in [4.69, 9.17) is 4.65 Å². The molecule has 2 aliphatic rings. The maximum absolute atomic E-state index is 5.99. The van der Waals surface area contributed by atoms with E-state index in [0.717, 1.165) is 19.5 Å². The van der Waals surface area contributed by atoms with Crippen molar-refractivity contribution < 1.29 is 4.65 Å². The Morgan fingerprint density at radius 3 is 2.50 bits per heavy atom. The third-order valence-electron chi connectivity index (χ3n) is 4.06. The quantitative estimate of drug-likeness (QED) is 0.643. The number of nitrogens with one attached hydrogen (secondary N) is 1. The molecule has 14 heavy (non-hydrogen) atoms. The Bertz CT molecular complexity index is 270. The number of hydrogen-bond donors (Lipinski definition) is 1. The van der Waals surface area contributed by atoms with Crippen molar-refractivity contribution in [2.45, 2.75) is 45.0 Å². The average molecular weight is 193 g/mol. The maximum atomic E-state index is 5.99. The van der Waals surface area contributed by atoms with E-state index in [9.17, 15) is 0 Å². The van der Waals surface area contributed by atoms with Gasteiger partial charge in [-0.15, -0.1) is 0 Å². The second-order valence-electron chi connectivity index (χ2n) is 5.46. The molecule has 0 atom stereocenters. The van der Waals surface area contributed by atoms with Crippen molar-refractivity contribution >= 4 is 6.92 Å². The minimum atomic E-state index is 0.0311. The van der Waals surface area contributed by atoms with E-state index in [0.29, 0.717) is 6.92 Å². The Morgan fingerprint density at radius 1 is 1.36 bits per heavy atom. The molecule has 78 valence electrons. The molecule has 1 saturated heterocycles. The molecule has 2 aliphatic heterocycles. The second-order valence-corrected chi connectivity index (χ2v) is 5.46. The van der Waals surface area contributed by atoms with Gasteiger partial charge >= 0.3 is 6.92 Å². The Hall–Kier alpha value is -0.275. The standard InChI is InChI=1S/C11H20BNO/c1-10(2)11(3,4)14-12(10)9-5-7-13-8-6-9/h5,13H,6-8H2,1-4H3. The van der Waals surface area contributed by atoms with Crippen molar-refractivity contribution in [3.63, 3.8) is 0 Å². The molecule has 1 fully saturated rings. The van der Waals surface area contributed by atoms with Crippen molar-refractivity contribution in [1.29, 1.82) is 0 Å². The molecule has 2 rings (SSSR count). The first kappa shape index (κ1) is 10.2. The largest absolute Gasteiger partial charge is 0.426 e. The molecule has 0 aromatic carbocycles. The summed E-state index contributed by atoms with van der Waals surface area (Å²) in [7, 11) is 0. The van der Waals surface area contributed by atoms with E-state index < -0.39 is 0 Å². The predicted octanol–water partition coefficient (Wildman–Crippen LogP) is 2.03. The van der Waals surface area contributed by atoms with Crippen LogP contribution in [-0.4, -0.2) is 25.6 Å². The summed E-state index contributed by atoms with van der Waals surface area (Å²) in [5, 5.41) is 3.61. The molecular formula is C11H20BNO. The van der Waals surface area contributed by atoms with E-state index in [1.165, 1.54) is 5.47 Å². The van der Waals surface area contributed by atoms with Crippen LogP contribution in [0.15, 0.2) is 11.5 Å². The number of hydrogen-bond acceptors (Lipinski definition) is 2. The first-order chi connectivity index (χ1) is 6.45. The lowest BCUT2D eigenvalue weighted by molar-refractivity contribution is -0.0120. The molecule has 0 spiro atoms. The normalized spacial score (nSPS) is 29.4. The van der Waals surface area contributed by atoms with Crippen LogP contribution in [0.1, 0.15) is 34.1 Å². The number of rotatable bonds is 1. The molecule has 0 amide bonds. The molecule has 2 heterocycles. The van der Waals surface area contributed by atoms with Gasteiger partial charge < -0.3 is 9.97 Å². The summed E-state index contributed by atoms with van der Waals surface area (Å²) in [6.07, 6.45) is 3.44. The van der Waals surface area contributed by atoms with Gasteiger partial charge in [-0.3, -0.25) is 0 Å². The zero-order valence-corrected chi connectivity index (χ0v) is 9.68. The lowest BCUT2D eigenvalue weighted by Crippen LogP contribution is -2.62. The first-order valence-corrected chi connectivity index (χ1v) is 5.52. The minimum Gasteiger partial charge on any atom is -0.426 e. The van der Waals surface area contributed by atoms with E-state index in [-0.39, 0.29) is 10.9 Å². The molecule has 3 heteroatoms. The Balaban J connectivity index is 2.12. The predicted molar refractivity (Wildman–Crippen MR) is 60.5 cm³/mol. The fourth-order valence-electron chi connectivity index (χ4n) is 2.27. The van der Waals surface area contributed by atoms with Gasteiger partial charge in [0.1, 0.15) is 0 Å². The van der Waals surface area contributed by atoms with Gasteiger partial charge in [-0.2, -0.15) is 0 Å². The Labute approximate surface area is 87.2 Å². The van der Waals surface area contributed by atoms with Gasteiger partial charge in [-0.05, 0) is 26.8 Å². The molecule has 0 saturated carbocycles. The second kappa shape index (κ2) is 3.11. The third-order valence-corrected chi connectivity index (χ3v) is 4.06. The van der Waals surface area contributed by atoms with Crippen LogP contribution in [0.3, 0.4) is 0 Å². The van der Waals surface area contributed by atoms with E-state index in [2.05, 4.69) is 39.1 Å². The summed E-state index contributed by atoms with van der Waals surface area (Å²) >= 11 is 0. The van der Waals surface area contributed by atoms with E-state index in [1.807, 2.05) is 0 Å². The lowest BCUT2D eigenvalue weighted by atomic mass is 9.32. The highest BCUT2D eigenvalue weighted by molar-refractivity contribution is 6.66. The summed E-state index contributed by atoms with van der Waals surface area (Å²) in [4.78, 5) is 0. The topological polar surface area (TPSA) is 21.3 Å². The van der Waals surface area contributed by atoms with Crippen LogP contribution >= 0.6 is 0 Å². The van der Waals surface area contributed by atoms with Gasteiger partial charge in [0.25, 0.3) is 0 Å². The zero-order chi connectivity index (χ0) is 10.4. The smallest absolute Gasteiger partial charge is 0.331 e. The van der Waals surface area contributed by atoms with Crippen LogP contribution in [0.2, 0.25) is 5.31 Å². The zero-order valence-electron chi connectivity index (χ0n) is 9.68. The van der Waals surface area contributed by atoms with Crippen molar-refractivity contribution in [1.82, 2.24) is 5.32 Å². The van der Waals surface area contributed by atoms with Crippen LogP contribution in [0.5, 0.6) is 0 Å². The summed E-state index contributed by atoms with van der Waals surface area (Å²) in [6.45, 7) is 11.4. The Kier molecular flexibility index (Phi) is 2.28. The fourth-order valence-corrected chi connectivity index (χ4v) is 2.27. The van der Waals surface area contributed by atoms with Gasteiger partial charge in [0.05, 0.1) is 0 Å². The van der Waals surface area contributed by atoms with Gasteiger partial charge in [-0.25, -0.2) is 0 Å². The van der Waals surface area contributed by atoms with Crippen LogP contribution < -0.4 is 5.32 Å². The highest BCUT2D eigenvalue weighted by Crippen LogP contribution is 2.55. The van der Waals surface area contributed by atoms with Crippen molar-refractivity contribution in [3.8, 4) is 0 Å². The molecule has 0 aromatic rings. The summed E-state index contributed by atoms with van der Waals surface area (Å²) in [5.41, 5.74) is 1.52. The van der Waals surface area contributed by atoms with Gasteiger partial charge in [-0.1, -0.05) is 25.4 Å². The van der Waals surface area contributed by atoms with Crippen molar-refractivity contribution in [2.75, 3.05) is 13.1 Å². The molecule has 0 unspecified atom stereocenters. The summed E-state index contributed by atoms with van der Waals surface area (Å²) < 4.78 is 5.99. The molecule has 2 nitrogen and oxygen atoms in total. The Morgan fingerprint density at radius 2 is 2.07 bits per heavy atom. The molecular weight excluding hydrogens is 173 g/mol. The van der Waals surface area contributed by atoms with E-state index in [1.54, 1.807) is 0 Å². The van der Waals surface area contributed by atoms with Crippen LogP contribution in [0.4, 0.5) is 0 Å². The van der Waals surface area contributed by atoms with Crippen molar-refractivity contribution in [3.05, 3.63) is 11.5 Å². The minimum absolute atomic E-state index is 0.0311. The van der Waals surface area contributed by atoms with Crippen LogP contribution in [-0.2, 0) is 4.65 Å². The molecule has 0 aliphatic carbocycles.